The first kappa shape index (κ1) is 17.0. The van der Waals surface area contributed by atoms with Crippen LogP contribution in [0.15, 0.2) is 47.8 Å². The van der Waals surface area contributed by atoms with Crippen LogP contribution in [0.25, 0.3) is 0 Å². The van der Waals surface area contributed by atoms with E-state index in [9.17, 15) is 4.79 Å². The molecule has 0 bridgehead atoms. The van der Waals surface area contributed by atoms with Crippen molar-refractivity contribution >= 4 is 17.4 Å². The van der Waals surface area contributed by atoms with Gasteiger partial charge in [0.1, 0.15) is 6.10 Å². The average molecular weight is 344 g/mol. The first-order chi connectivity index (χ1) is 11.6. The summed E-state index contributed by atoms with van der Waals surface area (Å²) in [6, 6.07) is 14.4. The predicted molar refractivity (Wildman–Crippen MR) is 97.3 cm³/mol. The summed E-state index contributed by atoms with van der Waals surface area (Å²) in [5, 5.41) is 5.19. The molecule has 128 valence electrons. The van der Waals surface area contributed by atoms with Crippen molar-refractivity contribution in [3.8, 4) is 0 Å². The Hall–Kier alpha value is -1.85. The molecule has 0 radical (unpaired) electrons. The van der Waals surface area contributed by atoms with E-state index in [-0.39, 0.29) is 24.3 Å². The van der Waals surface area contributed by atoms with Gasteiger partial charge in [-0.3, -0.25) is 0 Å². The quantitative estimate of drug-likeness (QED) is 0.915. The Morgan fingerprint density at radius 1 is 1.29 bits per heavy atom. The molecule has 1 N–H and O–H groups in total. The number of thiophene rings is 1. The highest BCUT2D eigenvalue weighted by atomic mass is 32.1. The normalized spacial score (nSPS) is 22.2. The van der Waals surface area contributed by atoms with Crippen molar-refractivity contribution in [2.24, 2.45) is 0 Å². The summed E-state index contributed by atoms with van der Waals surface area (Å²) in [6.07, 6.45) is 0.835. The number of carbonyl (C=O) groups excluding carboxylic acids is 1. The number of nitrogens with one attached hydrogen (secondary N) is 1. The predicted octanol–water partition coefficient (Wildman–Crippen LogP) is 3.85. The zero-order valence-electron chi connectivity index (χ0n) is 14.1. The van der Waals surface area contributed by atoms with Crippen molar-refractivity contribution in [2.45, 2.75) is 38.5 Å². The summed E-state index contributed by atoms with van der Waals surface area (Å²) >= 11 is 1.73. The van der Waals surface area contributed by atoms with E-state index in [1.165, 1.54) is 4.88 Å². The van der Waals surface area contributed by atoms with E-state index in [1.54, 1.807) is 11.3 Å². The SMILES string of the molecule is CC(Cc1cccs1)NC(=O)N1CC(C)OC(c2ccccc2)C1. The molecule has 3 unspecified atom stereocenters. The summed E-state index contributed by atoms with van der Waals surface area (Å²) in [4.78, 5) is 15.8. The number of nitrogens with zero attached hydrogens (tertiary/aromatic N) is 1. The van der Waals surface area contributed by atoms with Crippen molar-refractivity contribution < 1.29 is 9.53 Å². The summed E-state index contributed by atoms with van der Waals surface area (Å²) in [5.41, 5.74) is 1.12. The number of amides is 2. The van der Waals surface area contributed by atoms with Gasteiger partial charge in [-0.1, -0.05) is 36.4 Å². The van der Waals surface area contributed by atoms with Crippen LogP contribution >= 0.6 is 11.3 Å². The average Bonchev–Trinajstić information content (AvgIpc) is 3.08. The van der Waals surface area contributed by atoms with Gasteiger partial charge < -0.3 is 15.0 Å². The highest BCUT2D eigenvalue weighted by Crippen LogP contribution is 2.25. The number of hydrogen-bond acceptors (Lipinski definition) is 3. The van der Waals surface area contributed by atoms with E-state index in [0.717, 1.165) is 12.0 Å². The molecule has 24 heavy (non-hydrogen) atoms. The van der Waals surface area contributed by atoms with Crippen LogP contribution in [0.1, 0.15) is 30.4 Å². The number of ether oxygens (including phenoxy) is 1. The zero-order valence-corrected chi connectivity index (χ0v) is 15.0. The molecule has 3 atom stereocenters. The van der Waals surface area contributed by atoms with Crippen LogP contribution in [0.3, 0.4) is 0 Å². The van der Waals surface area contributed by atoms with Gasteiger partial charge in [-0.2, -0.15) is 0 Å². The van der Waals surface area contributed by atoms with Crippen LogP contribution in [0, 0.1) is 0 Å². The number of morpholine rings is 1. The Labute approximate surface area is 147 Å². The highest BCUT2D eigenvalue weighted by Gasteiger charge is 2.29. The number of carbonyl (C=O) groups is 1. The van der Waals surface area contributed by atoms with Gasteiger partial charge in [0.2, 0.25) is 0 Å². The lowest BCUT2D eigenvalue weighted by Gasteiger charge is -2.37. The fourth-order valence-electron chi connectivity index (χ4n) is 3.05. The molecule has 0 saturated carbocycles. The molecule has 4 nitrogen and oxygen atoms in total. The van der Waals surface area contributed by atoms with Gasteiger partial charge in [-0.15, -0.1) is 11.3 Å². The zero-order chi connectivity index (χ0) is 16.9. The molecule has 1 saturated heterocycles. The van der Waals surface area contributed by atoms with E-state index in [1.807, 2.05) is 36.1 Å². The Morgan fingerprint density at radius 2 is 2.08 bits per heavy atom. The second-order valence-corrected chi connectivity index (χ2v) is 7.42. The van der Waals surface area contributed by atoms with Crippen LogP contribution in [-0.4, -0.2) is 36.2 Å². The lowest BCUT2D eigenvalue weighted by Crippen LogP contribution is -2.51. The summed E-state index contributed by atoms with van der Waals surface area (Å²) in [6.45, 7) is 5.29. The number of hydrogen-bond donors (Lipinski definition) is 1. The maximum absolute atomic E-state index is 12.6. The molecule has 2 aromatic rings. The van der Waals surface area contributed by atoms with Crippen LogP contribution in [0.5, 0.6) is 0 Å². The molecule has 1 aromatic carbocycles. The van der Waals surface area contributed by atoms with Gasteiger partial charge in [0.05, 0.1) is 12.6 Å². The van der Waals surface area contributed by atoms with Gasteiger partial charge in [0.15, 0.2) is 0 Å². The number of benzene rings is 1. The van der Waals surface area contributed by atoms with Crippen molar-refractivity contribution in [1.82, 2.24) is 10.2 Å². The Balaban J connectivity index is 1.59. The smallest absolute Gasteiger partial charge is 0.317 e. The Bertz CT molecular complexity index is 645. The minimum Gasteiger partial charge on any atom is -0.367 e. The van der Waals surface area contributed by atoms with E-state index < -0.39 is 0 Å². The van der Waals surface area contributed by atoms with E-state index in [0.29, 0.717) is 13.1 Å². The minimum atomic E-state index is -0.0618. The molecule has 1 aliphatic rings. The molecular weight excluding hydrogens is 320 g/mol. The second kappa shape index (κ2) is 7.81. The molecule has 0 spiro atoms. The fraction of sp³-hybridized carbons (Fsp3) is 0.421. The lowest BCUT2D eigenvalue weighted by atomic mass is 10.1. The summed E-state index contributed by atoms with van der Waals surface area (Å²) < 4.78 is 6.02. The van der Waals surface area contributed by atoms with Gasteiger partial charge in [0, 0.05) is 23.9 Å². The number of rotatable bonds is 4. The van der Waals surface area contributed by atoms with E-state index in [2.05, 4.69) is 35.8 Å². The van der Waals surface area contributed by atoms with Crippen LogP contribution in [-0.2, 0) is 11.2 Å². The van der Waals surface area contributed by atoms with Crippen molar-refractivity contribution in [3.05, 3.63) is 58.3 Å². The van der Waals surface area contributed by atoms with Crippen molar-refractivity contribution in [3.63, 3.8) is 0 Å². The van der Waals surface area contributed by atoms with Crippen LogP contribution < -0.4 is 5.32 Å². The molecular formula is C19H24N2O2S. The number of urea groups is 1. The molecule has 5 heteroatoms. The molecule has 0 aliphatic carbocycles. The fourth-order valence-corrected chi connectivity index (χ4v) is 3.89. The molecule has 3 rings (SSSR count). The van der Waals surface area contributed by atoms with Crippen molar-refractivity contribution in [2.75, 3.05) is 13.1 Å². The van der Waals surface area contributed by atoms with Gasteiger partial charge in [-0.05, 0) is 30.9 Å². The topological polar surface area (TPSA) is 41.6 Å². The lowest BCUT2D eigenvalue weighted by molar-refractivity contribution is -0.0658. The standard InChI is InChI=1S/C19H24N2O2S/c1-14(11-17-9-6-10-24-17)20-19(22)21-12-15(2)23-18(13-21)16-7-4-3-5-8-16/h3-10,14-15,18H,11-13H2,1-2H3,(H,20,22). The second-order valence-electron chi connectivity index (χ2n) is 6.39. The van der Waals surface area contributed by atoms with Gasteiger partial charge in [-0.25, -0.2) is 4.79 Å². The first-order valence-electron chi connectivity index (χ1n) is 8.40. The molecule has 1 fully saturated rings. The Morgan fingerprint density at radius 3 is 2.79 bits per heavy atom. The van der Waals surface area contributed by atoms with Gasteiger partial charge in [0.25, 0.3) is 0 Å². The largest absolute Gasteiger partial charge is 0.367 e. The van der Waals surface area contributed by atoms with E-state index in [4.69, 9.17) is 4.74 Å². The summed E-state index contributed by atoms with van der Waals surface area (Å²) in [7, 11) is 0. The molecule has 1 aromatic heterocycles. The highest BCUT2D eigenvalue weighted by molar-refractivity contribution is 7.09. The maximum Gasteiger partial charge on any atom is 0.317 e. The third-order valence-electron chi connectivity index (χ3n) is 4.18. The van der Waals surface area contributed by atoms with E-state index >= 15 is 0 Å². The Kier molecular flexibility index (Phi) is 5.53. The van der Waals surface area contributed by atoms with Crippen LogP contribution in [0.4, 0.5) is 4.79 Å². The molecule has 2 heterocycles. The first-order valence-corrected chi connectivity index (χ1v) is 9.28. The third kappa shape index (κ3) is 4.36. The molecule has 2 amide bonds. The maximum atomic E-state index is 12.6. The van der Waals surface area contributed by atoms with Crippen molar-refractivity contribution in [1.29, 1.82) is 0 Å². The molecule has 1 aliphatic heterocycles. The van der Waals surface area contributed by atoms with Crippen LogP contribution in [0.2, 0.25) is 0 Å². The van der Waals surface area contributed by atoms with Gasteiger partial charge >= 0.3 is 6.03 Å². The minimum absolute atomic E-state index is 0.00450. The third-order valence-corrected chi connectivity index (χ3v) is 5.07. The monoisotopic (exact) mass is 344 g/mol. The summed E-state index contributed by atoms with van der Waals surface area (Å²) in [5.74, 6) is 0.